The van der Waals surface area contributed by atoms with E-state index < -0.39 is 11.6 Å². The Balaban J connectivity index is 1.84. The number of aryl methyl sites for hydroxylation is 2. The van der Waals surface area contributed by atoms with Gasteiger partial charge in [0.1, 0.15) is 11.3 Å². The molecule has 0 bridgehead atoms. The third kappa shape index (κ3) is 5.69. The molecule has 1 N–H and O–H groups in total. The molecule has 0 aliphatic heterocycles. The molecule has 5 nitrogen and oxygen atoms in total. The maximum atomic E-state index is 13.0. The van der Waals surface area contributed by atoms with Crippen molar-refractivity contribution < 1.29 is 23.8 Å². The Labute approximate surface area is 198 Å². The largest absolute Gasteiger partial charge is 0.478 e. The molecule has 0 amide bonds. The highest BCUT2D eigenvalue weighted by Gasteiger charge is 2.30. The van der Waals surface area contributed by atoms with Crippen molar-refractivity contribution in [3.63, 3.8) is 0 Å². The van der Waals surface area contributed by atoms with Crippen molar-refractivity contribution in [1.82, 2.24) is 0 Å². The number of ketones is 1. The summed E-state index contributed by atoms with van der Waals surface area (Å²) in [6, 6.07) is 9.46. The molecule has 1 heterocycles. The van der Waals surface area contributed by atoms with Crippen molar-refractivity contribution in [2.45, 2.75) is 52.0 Å². The van der Waals surface area contributed by atoms with Gasteiger partial charge < -0.3 is 14.3 Å². The Bertz CT molecular complexity index is 1190. The van der Waals surface area contributed by atoms with Crippen LogP contribution in [0.4, 0.5) is 0 Å². The Morgan fingerprint density at radius 1 is 1.15 bits per heavy atom. The minimum atomic E-state index is -1.34. The first-order valence-electron chi connectivity index (χ1n) is 10.9. The van der Waals surface area contributed by atoms with Crippen LogP contribution < -0.4 is 4.74 Å². The van der Waals surface area contributed by atoms with Gasteiger partial charge in [-0.1, -0.05) is 19.9 Å². The lowest BCUT2D eigenvalue weighted by molar-refractivity contribution is -0.152. The number of rotatable bonds is 9. The highest BCUT2D eigenvalue weighted by atomic mass is 32.2. The van der Waals surface area contributed by atoms with E-state index in [9.17, 15) is 14.7 Å². The van der Waals surface area contributed by atoms with E-state index in [2.05, 4.69) is 13.8 Å². The summed E-state index contributed by atoms with van der Waals surface area (Å²) in [4.78, 5) is 25.5. The molecule has 0 radical (unpaired) electrons. The standard InChI is InChI=1S/C27H30O5S/c1-16(2)15-33-23-10-8-20(25-21(23)11-12-31-25)22(28)9-7-19-13-17(3)24(18(4)14-19)32-27(5,6)26(29)30/h7-14,16H,15H2,1-6H3,(H,29,30). The van der Waals surface area contributed by atoms with Crippen molar-refractivity contribution in [2.24, 2.45) is 5.92 Å². The SMILES string of the molecule is Cc1cc(C=CC(=O)c2ccc(SCC(C)C)c3ccoc23)cc(C)c1OC(C)(C)C(=O)O. The number of carbonyl (C=O) groups excluding carboxylic acids is 1. The fourth-order valence-corrected chi connectivity index (χ4v) is 4.41. The summed E-state index contributed by atoms with van der Waals surface area (Å²) >= 11 is 1.77. The van der Waals surface area contributed by atoms with Gasteiger partial charge in [-0.15, -0.1) is 11.8 Å². The second kappa shape index (κ2) is 9.87. The number of hydrogen-bond acceptors (Lipinski definition) is 5. The molecule has 1 aromatic heterocycles. The predicted octanol–water partition coefficient (Wildman–Crippen LogP) is 6.94. The van der Waals surface area contributed by atoms with Crippen molar-refractivity contribution >= 4 is 40.6 Å². The van der Waals surface area contributed by atoms with Crippen LogP contribution in [-0.4, -0.2) is 28.2 Å². The van der Waals surface area contributed by atoms with E-state index in [-0.39, 0.29) is 5.78 Å². The molecule has 174 valence electrons. The smallest absolute Gasteiger partial charge is 0.347 e. The lowest BCUT2D eigenvalue weighted by Gasteiger charge is -2.24. The van der Waals surface area contributed by atoms with Gasteiger partial charge in [0, 0.05) is 16.0 Å². The van der Waals surface area contributed by atoms with Crippen LogP contribution in [0.5, 0.6) is 5.75 Å². The second-order valence-corrected chi connectivity index (χ2v) is 10.1. The van der Waals surface area contributed by atoms with Gasteiger partial charge in [0.25, 0.3) is 0 Å². The number of carboxylic acid groups (broad SMARTS) is 1. The summed E-state index contributed by atoms with van der Waals surface area (Å²) in [5, 5.41) is 10.3. The molecule has 2 aromatic carbocycles. The number of benzene rings is 2. The molecule has 0 aliphatic rings. The predicted molar refractivity (Wildman–Crippen MR) is 133 cm³/mol. The Kier molecular flexibility index (Phi) is 7.38. The summed E-state index contributed by atoms with van der Waals surface area (Å²) < 4.78 is 11.4. The van der Waals surface area contributed by atoms with Gasteiger partial charge in [-0.3, -0.25) is 4.79 Å². The van der Waals surface area contributed by atoms with Crippen LogP contribution in [0.15, 0.2) is 52.0 Å². The molecule has 0 unspecified atom stereocenters. The number of furan rings is 1. The monoisotopic (exact) mass is 466 g/mol. The summed E-state index contributed by atoms with van der Waals surface area (Å²) in [6.07, 6.45) is 4.91. The molecule has 0 saturated carbocycles. The normalized spacial score (nSPS) is 12.1. The molecule has 3 aromatic rings. The first-order valence-corrected chi connectivity index (χ1v) is 11.9. The topological polar surface area (TPSA) is 76.7 Å². The Morgan fingerprint density at radius 2 is 1.82 bits per heavy atom. The highest BCUT2D eigenvalue weighted by Crippen LogP contribution is 2.33. The van der Waals surface area contributed by atoms with E-state index >= 15 is 0 Å². The molecule has 0 atom stereocenters. The first kappa shape index (κ1) is 24.6. The average molecular weight is 467 g/mol. The van der Waals surface area contributed by atoms with Crippen molar-refractivity contribution in [3.8, 4) is 5.75 Å². The minimum Gasteiger partial charge on any atom is -0.478 e. The van der Waals surface area contributed by atoms with Crippen molar-refractivity contribution in [2.75, 3.05) is 5.75 Å². The molecule has 33 heavy (non-hydrogen) atoms. The van der Waals surface area contributed by atoms with Crippen molar-refractivity contribution in [3.05, 3.63) is 64.9 Å². The third-order valence-electron chi connectivity index (χ3n) is 5.20. The average Bonchev–Trinajstić information content (AvgIpc) is 3.22. The van der Waals surface area contributed by atoms with Gasteiger partial charge in [0.15, 0.2) is 11.4 Å². The molecular weight excluding hydrogens is 436 g/mol. The number of allylic oxidation sites excluding steroid dienone is 1. The zero-order valence-electron chi connectivity index (χ0n) is 19.9. The summed E-state index contributed by atoms with van der Waals surface area (Å²) in [5.41, 5.74) is 2.23. The maximum Gasteiger partial charge on any atom is 0.347 e. The second-order valence-electron chi connectivity index (χ2n) is 9.08. The zero-order chi connectivity index (χ0) is 24.3. The van der Waals surface area contributed by atoms with Crippen LogP contribution in [0.25, 0.3) is 17.0 Å². The molecular formula is C27H30O5S. The molecule has 6 heteroatoms. The van der Waals surface area contributed by atoms with Gasteiger partial charge in [-0.25, -0.2) is 4.79 Å². The molecule has 0 spiro atoms. The highest BCUT2D eigenvalue weighted by molar-refractivity contribution is 7.99. The summed E-state index contributed by atoms with van der Waals surface area (Å²) in [6.45, 7) is 11.1. The summed E-state index contributed by atoms with van der Waals surface area (Å²) in [5.74, 6) is 0.930. The minimum absolute atomic E-state index is 0.141. The molecule has 0 saturated heterocycles. The number of fused-ring (bicyclic) bond motifs is 1. The number of hydrogen-bond donors (Lipinski definition) is 1. The van der Waals surface area contributed by atoms with Crippen LogP contribution in [-0.2, 0) is 4.79 Å². The number of aliphatic carboxylic acids is 1. The van der Waals surface area contributed by atoms with E-state index in [0.717, 1.165) is 32.7 Å². The van der Waals surface area contributed by atoms with Crippen LogP contribution >= 0.6 is 11.8 Å². The lowest BCUT2D eigenvalue weighted by atomic mass is 10.0. The number of ether oxygens (including phenoxy) is 1. The van der Waals surface area contributed by atoms with E-state index in [1.165, 1.54) is 19.9 Å². The third-order valence-corrected chi connectivity index (χ3v) is 6.70. The van der Waals surface area contributed by atoms with E-state index in [1.54, 1.807) is 24.1 Å². The molecule has 0 aliphatic carbocycles. The fraction of sp³-hybridized carbons (Fsp3) is 0.333. The molecule has 3 rings (SSSR count). The van der Waals surface area contributed by atoms with E-state index in [1.807, 2.05) is 44.2 Å². The Hall–Kier alpha value is -2.99. The van der Waals surface area contributed by atoms with E-state index in [0.29, 0.717) is 22.8 Å². The van der Waals surface area contributed by atoms with Crippen molar-refractivity contribution in [1.29, 1.82) is 0 Å². The molecule has 0 fully saturated rings. The van der Waals surface area contributed by atoms with Crippen LogP contribution in [0, 0.1) is 19.8 Å². The lowest BCUT2D eigenvalue weighted by Crippen LogP contribution is -2.38. The van der Waals surface area contributed by atoms with Crippen LogP contribution in [0.2, 0.25) is 0 Å². The number of thioether (sulfide) groups is 1. The van der Waals surface area contributed by atoms with E-state index in [4.69, 9.17) is 9.15 Å². The fourth-order valence-electron chi connectivity index (χ4n) is 3.41. The van der Waals surface area contributed by atoms with Gasteiger partial charge in [-0.05, 0) is 86.7 Å². The summed E-state index contributed by atoms with van der Waals surface area (Å²) in [7, 11) is 0. The van der Waals surface area contributed by atoms with Gasteiger partial charge >= 0.3 is 5.97 Å². The van der Waals surface area contributed by atoms with Gasteiger partial charge in [0.05, 0.1) is 11.8 Å². The van der Waals surface area contributed by atoms with Crippen LogP contribution in [0.3, 0.4) is 0 Å². The zero-order valence-corrected chi connectivity index (χ0v) is 20.7. The first-order chi connectivity index (χ1) is 15.5. The van der Waals surface area contributed by atoms with Gasteiger partial charge in [0.2, 0.25) is 0 Å². The number of carboxylic acids is 1. The quantitative estimate of drug-likeness (QED) is 0.209. The Morgan fingerprint density at radius 3 is 2.42 bits per heavy atom. The van der Waals surface area contributed by atoms with Crippen LogP contribution in [0.1, 0.15) is 54.7 Å². The maximum absolute atomic E-state index is 13.0. The van der Waals surface area contributed by atoms with Gasteiger partial charge in [-0.2, -0.15) is 0 Å². The number of carbonyl (C=O) groups is 2.